The van der Waals surface area contributed by atoms with Crippen LogP contribution in [0.5, 0.6) is 0 Å². The van der Waals surface area contributed by atoms with Crippen molar-refractivity contribution in [2.75, 3.05) is 19.2 Å². The van der Waals surface area contributed by atoms with E-state index in [1.807, 2.05) is 0 Å². The maximum atomic E-state index is 4.93. The fraction of sp³-hybridized carbons (Fsp3) is 0.333. The van der Waals surface area contributed by atoms with Crippen LogP contribution in [0.1, 0.15) is 0 Å². The van der Waals surface area contributed by atoms with Gasteiger partial charge in [-0.25, -0.2) is 15.0 Å². The third kappa shape index (κ3) is 1.87. The van der Waals surface area contributed by atoms with E-state index in [-0.39, 0.29) is 0 Å². The predicted octanol–water partition coefficient (Wildman–Crippen LogP) is 1.24. The molecule has 0 saturated carbocycles. The Balaban J connectivity index is 2.93. The predicted molar refractivity (Wildman–Crippen MR) is 45.1 cm³/mol. The number of hydrogen-bond acceptors (Lipinski definition) is 4. The van der Waals surface area contributed by atoms with Gasteiger partial charge in [0, 0.05) is 13.2 Å². The van der Waals surface area contributed by atoms with Crippen molar-refractivity contribution in [1.82, 2.24) is 9.97 Å². The molecule has 4 nitrogen and oxygen atoms in total. The summed E-state index contributed by atoms with van der Waals surface area (Å²) in [6.07, 6.45) is 3.13. The second kappa shape index (κ2) is 3.64. The molecule has 0 atom stereocenters. The van der Waals surface area contributed by atoms with Crippen LogP contribution < -0.4 is 5.06 Å². The molecule has 0 saturated heterocycles. The summed E-state index contributed by atoms with van der Waals surface area (Å²) >= 11 is 3.29. The maximum absolute atomic E-state index is 4.93. The van der Waals surface area contributed by atoms with E-state index in [1.54, 1.807) is 25.4 Å². The zero-order chi connectivity index (χ0) is 8.27. The summed E-state index contributed by atoms with van der Waals surface area (Å²) in [5.41, 5.74) is 0. The van der Waals surface area contributed by atoms with E-state index >= 15 is 0 Å². The highest BCUT2D eigenvalue weighted by atomic mass is 79.9. The molecule has 0 bridgehead atoms. The molecule has 60 valence electrons. The SMILES string of the molecule is CON(C)c1ncncc1Br. The number of nitrogens with zero attached hydrogens (tertiary/aromatic N) is 3. The fourth-order valence-electron chi connectivity index (χ4n) is 0.624. The van der Waals surface area contributed by atoms with Crippen LogP contribution in [0, 0.1) is 0 Å². The third-order valence-corrected chi connectivity index (χ3v) is 1.78. The van der Waals surface area contributed by atoms with E-state index in [2.05, 4.69) is 25.9 Å². The quantitative estimate of drug-likeness (QED) is 0.700. The molecule has 11 heavy (non-hydrogen) atoms. The van der Waals surface area contributed by atoms with E-state index in [0.29, 0.717) is 5.82 Å². The summed E-state index contributed by atoms with van der Waals surface area (Å²) in [5.74, 6) is 0.711. The van der Waals surface area contributed by atoms with Gasteiger partial charge in [0.2, 0.25) is 0 Å². The van der Waals surface area contributed by atoms with Gasteiger partial charge in [-0.2, -0.15) is 0 Å². The van der Waals surface area contributed by atoms with E-state index < -0.39 is 0 Å². The molecule has 0 aliphatic rings. The largest absolute Gasteiger partial charge is 0.276 e. The van der Waals surface area contributed by atoms with Gasteiger partial charge in [0.1, 0.15) is 6.33 Å². The van der Waals surface area contributed by atoms with E-state index in [0.717, 1.165) is 4.47 Å². The number of hydrogen-bond donors (Lipinski definition) is 0. The molecule has 1 heterocycles. The van der Waals surface area contributed by atoms with Crippen molar-refractivity contribution in [2.45, 2.75) is 0 Å². The van der Waals surface area contributed by atoms with Crippen molar-refractivity contribution >= 4 is 21.7 Å². The highest BCUT2D eigenvalue weighted by molar-refractivity contribution is 9.10. The minimum Gasteiger partial charge on any atom is -0.276 e. The first-order valence-electron chi connectivity index (χ1n) is 2.99. The van der Waals surface area contributed by atoms with Gasteiger partial charge in [-0.05, 0) is 15.9 Å². The van der Waals surface area contributed by atoms with Gasteiger partial charge in [0.15, 0.2) is 5.82 Å². The first kappa shape index (κ1) is 8.42. The second-order valence-electron chi connectivity index (χ2n) is 1.87. The molecule has 0 unspecified atom stereocenters. The Kier molecular flexibility index (Phi) is 2.78. The normalized spacial score (nSPS) is 9.73. The average Bonchev–Trinajstić information content (AvgIpc) is 2.04. The van der Waals surface area contributed by atoms with E-state index in [9.17, 15) is 0 Å². The second-order valence-corrected chi connectivity index (χ2v) is 2.73. The number of aromatic nitrogens is 2. The summed E-state index contributed by atoms with van der Waals surface area (Å²) in [7, 11) is 3.35. The third-order valence-electron chi connectivity index (χ3n) is 1.22. The summed E-state index contributed by atoms with van der Waals surface area (Å²) in [6.45, 7) is 0. The van der Waals surface area contributed by atoms with Crippen LogP contribution in [0.2, 0.25) is 0 Å². The molecule has 0 aliphatic carbocycles. The average molecular weight is 218 g/mol. The van der Waals surface area contributed by atoms with Crippen LogP contribution in [0.15, 0.2) is 17.0 Å². The van der Waals surface area contributed by atoms with Crippen LogP contribution in [0.25, 0.3) is 0 Å². The molecule has 0 N–H and O–H groups in total. The molecule has 1 rings (SSSR count). The van der Waals surface area contributed by atoms with Gasteiger partial charge in [-0.3, -0.25) is 4.84 Å². The van der Waals surface area contributed by atoms with Crippen LogP contribution >= 0.6 is 15.9 Å². The Labute approximate surface area is 73.3 Å². The lowest BCUT2D eigenvalue weighted by molar-refractivity contribution is 0.182. The molecule has 0 fully saturated rings. The summed E-state index contributed by atoms with van der Waals surface area (Å²) < 4.78 is 0.810. The highest BCUT2D eigenvalue weighted by Gasteiger charge is 2.04. The van der Waals surface area contributed by atoms with Crippen molar-refractivity contribution in [3.05, 3.63) is 17.0 Å². The van der Waals surface area contributed by atoms with Crippen molar-refractivity contribution in [2.24, 2.45) is 0 Å². The summed E-state index contributed by atoms with van der Waals surface area (Å²) in [6, 6.07) is 0. The van der Waals surface area contributed by atoms with Gasteiger partial charge < -0.3 is 0 Å². The Morgan fingerprint density at radius 1 is 1.64 bits per heavy atom. The van der Waals surface area contributed by atoms with Gasteiger partial charge in [-0.1, -0.05) is 0 Å². The van der Waals surface area contributed by atoms with Gasteiger partial charge >= 0.3 is 0 Å². The molecule has 0 amide bonds. The number of hydroxylamine groups is 1. The lowest BCUT2D eigenvalue weighted by Gasteiger charge is -2.14. The smallest absolute Gasteiger partial charge is 0.169 e. The Morgan fingerprint density at radius 2 is 2.36 bits per heavy atom. The highest BCUT2D eigenvalue weighted by Crippen LogP contribution is 2.20. The summed E-state index contributed by atoms with van der Waals surface area (Å²) in [5, 5.41) is 1.55. The molecule has 0 aliphatic heterocycles. The fourth-order valence-corrected chi connectivity index (χ4v) is 1.09. The molecule has 5 heteroatoms. The molecule has 0 aromatic carbocycles. The first-order chi connectivity index (χ1) is 5.25. The minimum atomic E-state index is 0.711. The van der Waals surface area contributed by atoms with Crippen molar-refractivity contribution in [3.63, 3.8) is 0 Å². The Morgan fingerprint density at radius 3 is 2.91 bits per heavy atom. The van der Waals surface area contributed by atoms with Crippen LogP contribution in [0.3, 0.4) is 0 Å². The van der Waals surface area contributed by atoms with Gasteiger partial charge in [-0.15, -0.1) is 0 Å². The van der Waals surface area contributed by atoms with Crippen molar-refractivity contribution in [3.8, 4) is 0 Å². The topological polar surface area (TPSA) is 38.2 Å². The van der Waals surface area contributed by atoms with Gasteiger partial charge in [0.25, 0.3) is 0 Å². The van der Waals surface area contributed by atoms with Gasteiger partial charge in [0.05, 0.1) is 11.6 Å². The van der Waals surface area contributed by atoms with Crippen molar-refractivity contribution in [1.29, 1.82) is 0 Å². The molecule has 1 aromatic heterocycles. The zero-order valence-electron chi connectivity index (χ0n) is 6.28. The van der Waals surface area contributed by atoms with E-state index in [1.165, 1.54) is 6.33 Å². The van der Waals surface area contributed by atoms with Crippen LogP contribution in [0.4, 0.5) is 5.82 Å². The van der Waals surface area contributed by atoms with Crippen LogP contribution in [-0.2, 0) is 4.84 Å². The zero-order valence-corrected chi connectivity index (χ0v) is 7.87. The lowest BCUT2D eigenvalue weighted by Crippen LogP contribution is -2.16. The monoisotopic (exact) mass is 217 g/mol. The number of halogens is 1. The van der Waals surface area contributed by atoms with E-state index in [4.69, 9.17) is 4.84 Å². The molecule has 1 aromatic rings. The standard InChI is InChI=1S/C6H8BrN3O/c1-10(11-2)6-5(7)3-8-4-9-6/h3-4H,1-2H3. The molecular weight excluding hydrogens is 210 g/mol. The molecule has 0 spiro atoms. The Bertz CT molecular complexity index is 243. The minimum absolute atomic E-state index is 0.711. The number of rotatable bonds is 2. The van der Waals surface area contributed by atoms with Crippen molar-refractivity contribution < 1.29 is 4.84 Å². The number of anilines is 1. The summed E-state index contributed by atoms with van der Waals surface area (Å²) in [4.78, 5) is 12.7. The maximum Gasteiger partial charge on any atom is 0.169 e. The first-order valence-corrected chi connectivity index (χ1v) is 3.78. The molecular formula is C6H8BrN3O. The van der Waals surface area contributed by atoms with Crippen LogP contribution in [-0.4, -0.2) is 24.1 Å². The lowest BCUT2D eigenvalue weighted by atomic mass is 10.6. The molecule has 0 radical (unpaired) electrons. The Hall–Kier alpha value is -0.680.